The Bertz CT molecular complexity index is 752. The molecular formula is C25H28N2. The van der Waals surface area contributed by atoms with Gasteiger partial charge in [-0.1, -0.05) is 66.7 Å². The molecule has 0 aliphatic carbocycles. The molecule has 2 aliphatic heterocycles. The predicted octanol–water partition coefficient (Wildman–Crippen LogP) is 5.32. The summed E-state index contributed by atoms with van der Waals surface area (Å²) in [5, 5.41) is 10.4. The van der Waals surface area contributed by atoms with Crippen LogP contribution in [0.4, 0.5) is 0 Å². The third kappa shape index (κ3) is 3.33. The Morgan fingerprint density at radius 2 is 1.48 bits per heavy atom. The maximum Gasteiger partial charge on any atom is 0.107 e. The number of nitriles is 1. The van der Waals surface area contributed by atoms with Gasteiger partial charge in [0, 0.05) is 18.6 Å². The molecule has 1 unspecified atom stereocenters. The van der Waals surface area contributed by atoms with Gasteiger partial charge >= 0.3 is 0 Å². The second-order valence-electron chi connectivity index (χ2n) is 8.16. The summed E-state index contributed by atoms with van der Waals surface area (Å²) in [6.07, 6.45) is 7.95. The third-order valence-corrected chi connectivity index (χ3v) is 6.64. The molecule has 0 N–H and O–H groups in total. The molecule has 0 aromatic heterocycles. The number of fused-ring (bicyclic) bond motifs is 2. The van der Waals surface area contributed by atoms with E-state index in [0.29, 0.717) is 18.0 Å². The fraction of sp³-hybridized carbons (Fsp3) is 0.400. The number of rotatable bonds is 6. The van der Waals surface area contributed by atoms with Crippen LogP contribution in [-0.2, 0) is 5.41 Å². The van der Waals surface area contributed by atoms with Gasteiger partial charge in [0.2, 0.25) is 0 Å². The van der Waals surface area contributed by atoms with Crippen LogP contribution in [0.2, 0.25) is 0 Å². The fourth-order valence-electron chi connectivity index (χ4n) is 5.46. The predicted molar refractivity (Wildman–Crippen MR) is 110 cm³/mol. The Kier molecular flexibility index (Phi) is 5.14. The number of nitrogens with zero attached hydrogens (tertiary/aromatic N) is 2. The van der Waals surface area contributed by atoms with Crippen molar-refractivity contribution in [3.63, 3.8) is 0 Å². The second-order valence-corrected chi connectivity index (χ2v) is 8.16. The van der Waals surface area contributed by atoms with E-state index < -0.39 is 5.41 Å². The van der Waals surface area contributed by atoms with Gasteiger partial charge in [-0.15, -0.1) is 6.58 Å². The van der Waals surface area contributed by atoms with E-state index in [1.54, 1.807) is 0 Å². The van der Waals surface area contributed by atoms with E-state index >= 15 is 0 Å². The first kappa shape index (κ1) is 18.0. The van der Waals surface area contributed by atoms with E-state index in [-0.39, 0.29) is 0 Å². The molecule has 2 aliphatic rings. The molecule has 138 valence electrons. The minimum Gasteiger partial charge on any atom is -0.294 e. The van der Waals surface area contributed by atoms with E-state index in [2.05, 4.69) is 66.1 Å². The molecular weight excluding hydrogens is 328 g/mol. The lowest BCUT2D eigenvalue weighted by Crippen LogP contribution is -2.44. The second kappa shape index (κ2) is 7.71. The van der Waals surface area contributed by atoms with Crippen molar-refractivity contribution in [3.8, 4) is 6.07 Å². The number of benzene rings is 2. The lowest BCUT2D eigenvalue weighted by Gasteiger charge is -2.41. The van der Waals surface area contributed by atoms with Crippen LogP contribution >= 0.6 is 0 Å². The summed E-state index contributed by atoms with van der Waals surface area (Å²) < 4.78 is 0. The summed E-state index contributed by atoms with van der Waals surface area (Å²) in [6.45, 7) is 4.94. The number of hydrogen-bond donors (Lipinski definition) is 0. The summed E-state index contributed by atoms with van der Waals surface area (Å²) in [6, 6.07) is 24.9. The first-order valence-electron chi connectivity index (χ1n) is 10.2. The molecule has 2 heteroatoms. The molecule has 2 aromatic carbocycles. The van der Waals surface area contributed by atoms with Gasteiger partial charge in [-0.2, -0.15) is 5.26 Å². The van der Waals surface area contributed by atoms with Gasteiger partial charge in [-0.25, -0.2) is 0 Å². The zero-order valence-electron chi connectivity index (χ0n) is 15.9. The summed E-state index contributed by atoms with van der Waals surface area (Å²) in [7, 11) is 0. The molecule has 0 radical (unpaired) electrons. The van der Waals surface area contributed by atoms with Crippen molar-refractivity contribution in [3.05, 3.63) is 84.4 Å². The van der Waals surface area contributed by atoms with Crippen molar-refractivity contribution in [2.75, 3.05) is 6.54 Å². The Morgan fingerprint density at radius 3 is 1.93 bits per heavy atom. The highest BCUT2D eigenvalue weighted by atomic mass is 15.2. The van der Waals surface area contributed by atoms with E-state index in [1.807, 2.05) is 18.2 Å². The molecule has 0 saturated carbocycles. The van der Waals surface area contributed by atoms with Gasteiger partial charge in [-0.05, 0) is 49.1 Å². The van der Waals surface area contributed by atoms with E-state index in [9.17, 15) is 5.26 Å². The van der Waals surface area contributed by atoms with Crippen LogP contribution in [0.25, 0.3) is 0 Å². The number of piperidine rings is 1. The maximum atomic E-state index is 10.4. The first-order valence-corrected chi connectivity index (χ1v) is 10.2. The Labute approximate surface area is 163 Å². The molecule has 4 rings (SSSR count). The molecule has 2 saturated heterocycles. The van der Waals surface area contributed by atoms with Crippen molar-refractivity contribution in [2.45, 2.75) is 49.6 Å². The Hall–Kier alpha value is -2.37. The molecule has 0 amide bonds. The average molecular weight is 357 g/mol. The highest BCUT2D eigenvalue weighted by molar-refractivity contribution is 5.46. The molecule has 3 atom stereocenters. The first-order chi connectivity index (χ1) is 13.3. The highest BCUT2D eigenvalue weighted by Crippen LogP contribution is 2.45. The summed E-state index contributed by atoms with van der Waals surface area (Å²) in [4.78, 5) is 2.64. The molecule has 2 aromatic rings. The third-order valence-electron chi connectivity index (χ3n) is 6.64. The van der Waals surface area contributed by atoms with E-state index in [4.69, 9.17) is 0 Å². The molecule has 2 bridgehead atoms. The maximum absolute atomic E-state index is 10.4. The van der Waals surface area contributed by atoms with Crippen molar-refractivity contribution in [1.29, 1.82) is 5.26 Å². The number of hydrogen-bond acceptors (Lipinski definition) is 2. The Morgan fingerprint density at radius 1 is 0.963 bits per heavy atom. The van der Waals surface area contributed by atoms with Crippen LogP contribution < -0.4 is 0 Å². The van der Waals surface area contributed by atoms with Gasteiger partial charge in [-0.3, -0.25) is 4.90 Å². The quantitative estimate of drug-likeness (QED) is 0.655. The lowest BCUT2D eigenvalue weighted by atomic mass is 9.68. The van der Waals surface area contributed by atoms with Crippen LogP contribution in [0.3, 0.4) is 0 Å². The van der Waals surface area contributed by atoms with Gasteiger partial charge < -0.3 is 0 Å². The van der Waals surface area contributed by atoms with E-state index in [0.717, 1.165) is 24.1 Å². The highest BCUT2D eigenvalue weighted by Gasteiger charge is 2.44. The average Bonchev–Trinajstić information content (AvgIpc) is 2.96. The molecule has 2 heterocycles. The molecule has 0 spiro atoms. The zero-order chi connectivity index (χ0) is 18.7. The topological polar surface area (TPSA) is 27.0 Å². The largest absolute Gasteiger partial charge is 0.294 e. The van der Waals surface area contributed by atoms with Crippen LogP contribution in [0.1, 0.15) is 43.2 Å². The van der Waals surface area contributed by atoms with Crippen LogP contribution in [0, 0.1) is 17.2 Å². The van der Waals surface area contributed by atoms with Gasteiger partial charge in [0.1, 0.15) is 5.41 Å². The minimum absolute atomic E-state index is 0.562. The standard InChI is InChI=1S/C25H28N2/c1-2-15-27-23-13-14-24(27)17-20(16-23)18-25(19-26,21-9-5-3-6-10-21)22-11-7-4-8-12-22/h2-12,20,23-24H,1,13-18H2/t20?,23-,24+. The SMILES string of the molecule is C=CCN1[C@@H]2CC[C@H]1CC(CC(C#N)(c1ccccc1)c1ccccc1)C2. The van der Waals surface area contributed by atoms with Crippen molar-refractivity contribution >= 4 is 0 Å². The van der Waals surface area contributed by atoms with Crippen molar-refractivity contribution in [1.82, 2.24) is 4.90 Å². The smallest absolute Gasteiger partial charge is 0.107 e. The molecule has 27 heavy (non-hydrogen) atoms. The van der Waals surface area contributed by atoms with Crippen LogP contribution in [0.15, 0.2) is 73.3 Å². The normalized spacial score (nSPS) is 25.1. The molecule has 2 nitrogen and oxygen atoms in total. The minimum atomic E-state index is -0.562. The summed E-state index contributed by atoms with van der Waals surface area (Å²) in [5.41, 5.74) is 1.69. The summed E-state index contributed by atoms with van der Waals surface area (Å²) >= 11 is 0. The fourth-order valence-corrected chi connectivity index (χ4v) is 5.46. The Balaban J connectivity index is 1.65. The van der Waals surface area contributed by atoms with Crippen molar-refractivity contribution < 1.29 is 0 Å². The van der Waals surface area contributed by atoms with Gasteiger partial charge in [0.15, 0.2) is 0 Å². The van der Waals surface area contributed by atoms with Gasteiger partial charge in [0.05, 0.1) is 6.07 Å². The lowest BCUT2D eigenvalue weighted by molar-refractivity contribution is 0.108. The van der Waals surface area contributed by atoms with Crippen LogP contribution in [0.5, 0.6) is 0 Å². The zero-order valence-corrected chi connectivity index (χ0v) is 15.9. The summed E-state index contributed by atoms with van der Waals surface area (Å²) in [5.74, 6) is 0.587. The van der Waals surface area contributed by atoms with Crippen molar-refractivity contribution in [2.24, 2.45) is 5.92 Å². The monoisotopic (exact) mass is 356 g/mol. The van der Waals surface area contributed by atoms with Gasteiger partial charge in [0.25, 0.3) is 0 Å². The van der Waals surface area contributed by atoms with Crippen LogP contribution in [-0.4, -0.2) is 23.5 Å². The molecule has 2 fully saturated rings. The van der Waals surface area contributed by atoms with E-state index in [1.165, 1.54) is 25.7 Å².